The molecule has 0 aromatic carbocycles. The van der Waals surface area contributed by atoms with Crippen LogP contribution in [-0.2, 0) is 20.9 Å². The normalized spacial score (nSPS) is 12.9. The molecule has 10 nitrogen and oxygen atoms in total. The van der Waals surface area contributed by atoms with Crippen molar-refractivity contribution in [3.63, 3.8) is 0 Å². The zero-order chi connectivity index (χ0) is 15.7. The van der Waals surface area contributed by atoms with Crippen LogP contribution in [0.3, 0.4) is 0 Å². The molecule has 2 aromatic heterocycles. The molecule has 0 saturated heterocycles. The SMILES string of the molecule is O=c1[nH]cnc2c1ncn2CCS(=O)(=O)CCP(=O)([O-])[O-]. The number of H-pyrrole nitrogens is 1. The van der Waals surface area contributed by atoms with E-state index in [9.17, 15) is 27.6 Å². The molecule has 0 unspecified atom stereocenters. The van der Waals surface area contributed by atoms with Gasteiger partial charge in [-0.1, -0.05) is 7.60 Å². The van der Waals surface area contributed by atoms with Crippen molar-refractivity contribution in [3.05, 3.63) is 23.0 Å². The van der Waals surface area contributed by atoms with Crippen LogP contribution in [0.1, 0.15) is 0 Å². The van der Waals surface area contributed by atoms with Crippen molar-refractivity contribution in [3.8, 4) is 0 Å². The molecule has 0 fully saturated rings. The molecule has 2 aromatic rings. The number of aromatic amines is 1. The third-order valence-corrected chi connectivity index (χ3v) is 5.43. The predicted molar refractivity (Wildman–Crippen MR) is 69.3 cm³/mol. The molecule has 12 heteroatoms. The van der Waals surface area contributed by atoms with Gasteiger partial charge in [-0.3, -0.25) is 4.79 Å². The second kappa shape index (κ2) is 5.68. The summed E-state index contributed by atoms with van der Waals surface area (Å²) in [6, 6.07) is 0. The van der Waals surface area contributed by atoms with Gasteiger partial charge in [0.2, 0.25) is 0 Å². The highest BCUT2D eigenvalue weighted by Crippen LogP contribution is 2.22. The standard InChI is InChI=1S/C9H13N4O6PS/c14-9-7-8(10-5-11-9)13(6-12-7)1-3-21(18,19)4-2-20(15,16)17/h5-6H,1-4H2,(H,10,11,14)(H2,15,16,17)/p-2. The molecule has 2 heterocycles. The van der Waals surface area contributed by atoms with E-state index in [1.807, 2.05) is 0 Å². The summed E-state index contributed by atoms with van der Waals surface area (Å²) in [5.41, 5.74) is -0.133. The average Bonchev–Trinajstić information content (AvgIpc) is 2.78. The first kappa shape index (κ1) is 15.8. The third-order valence-electron chi connectivity index (χ3n) is 2.73. The van der Waals surface area contributed by atoms with Crippen molar-refractivity contribution in [1.29, 1.82) is 0 Å². The summed E-state index contributed by atoms with van der Waals surface area (Å²) in [6.45, 7) is -0.0443. The Kier molecular flexibility index (Phi) is 4.28. The summed E-state index contributed by atoms with van der Waals surface area (Å²) < 4.78 is 35.1. The number of rotatable bonds is 6. The molecule has 0 aliphatic carbocycles. The fourth-order valence-electron chi connectivity index (χ4n) is 1.65. The van der Waals surface area contributed by atoms with Crippen molar-refractivity contribution in [2.24, 2.45) is 0 Å². The Morgan fingerprint density at radius 2 is 2.00 bits per heavy atom. The predicted octanol–water partition coefficient (Wildman–Crippen LogP) is -2.55. The van der Waals surface area contributed by atoms with Gasteiger partial charge in [0.25, 0.3) is 5.56 Å². The second-order valence-electron chi connectivity index (χ2n) is 4.33. The summed E-state index contributed by atoms with van der Waals surface area (Å²) in [6.07, 6.45) is 1.51. The lowest BCUT2D eigenvalue weighted by Crippen LogP contribution is -2.24. The van der Waals surface area contributed by atoms with Gasteiger partial charge in [0.1, 0.15) is 0 Å². The maximum atomic E-state index is 11.7. The van der Waals surface area contributed by atoms with E-state index in [1.54, 1.807) is 0 Å². The molecular formula is C9H11N4O6PS-2. The number of aryl methyl sites for hydroxylation is 1. The Hall–Kier alpha value is -1.55. The maximum Gasteiger partial charge on any atom is 0.278 e. The monoisotopic (exact) mass is 334 g/mol. The quantitative estimate of drug-likeness (QED) is 0.565. The summed E-state index contributed by atoms with van der Waals surface area (Å²) in [5, 5.41) is 0. The number of aromatic nitrogens is 4. The summed E-state index contributed by atoms with van der Waals surface area (Å²) in [5.74, 6) is -1.11. The van der Waals surface area contributed by atoms with Gasteiger partial charge in [0.05, 0.1) is 24.2 Å². The van der Waals surface area contributed by atoms with Crippen LogP contribution in [0.25, 0.3) is 11.2 Å². The fourth-order valence-corrected chi connectivity index (χ4v) is 4.33. The van der Waals surface area contributed by atoms with Gasteiger partial charge in [0.15, 0.2) is 21.0 Å². The number of sulfone groups is 1. The topological polar surface area (TPSA) is 161 Å². The third kappa shape index (κ3) is 4.21. The number of imidazole rings is 1. The van der Waals surface area contributed by atoms with Crippen LogP contribution in [0, 0.1) is 0 Å². The van der Waals surface area contributed by atoms with Crippen molar-refractivity contribution >= 4 is 28.6 Å². The first-order valence-electron chi connectivity index (χ1n) is 5.78. The Morgan fingerprint density at radius 3 is 2.67 bits per heavy atom. The first-order chi connectivity index (χ1) is 9.68. The maximum absolute atomic E-state index is 11.7. The minimum absolute atomic E-state index is 0.0443. The van der Waals surface area contributed by atoms with Gasteiger partial charge in [-0.15, -0.1) is 0 Å². The summed E-state index contributed by atoms with van der Waals surface area (Å²) >= 11 is 0. The highest BCUT2D eigenvalue weighted by molar-refractivity contribution is 7.91. The van der Waals surface area contributed by atoms with Gasteiger partial charge in [-0.25, -0.2) is 18.4 Å². The minimum Gasteiger partial charge on any atom is -0.811 e. The Balaban J connectivity index is 2.10. The van der Waals surface area contributed by atoms with Gasteiger partial charge >= 0.3 is 0 Å². The molecule has 2 rings (SSSR count). The molecule has 1 N–H and O–H groups in total. The lowest BCUT2D eigenvalue weighted by atomic mass is 10.5. The molecule has 0 saturated carbocycles. The molecule has 0 spiro atoms. The van der Waals surface area contributed by atoms with Crippen LogP contribution in [0.5, 0.6) is 0 Å². The Morgan fingerprint density at radius 1 is 1.29 bits per heavy atom. The molecular weight excluding hydrogens is 323 g/mol. The molecule has 0 radical (unpaired) electrons. The van der Waals surface area contributed by atoms with E-state index in [1.165, 1.54) is 17.2 Å². The van der Waals surface area contributed by atoms with E-state index in [2.05, 4.69) is 15.0 Å². The lowest BCUT2D eigenvalue weighted by Gasteiger charge is -2.28. The van der Waals surface area contributed by atoms with Crippen molar-refractivity contribution in [2.45, 2.75) is 6.54 Å². The van der Waals surface area contributed by atoms with Gasteiger partial charge in [-0.2, -0.15) is 0 Å². The second-order valence-corrected chi connectivity index (χ2v) is 8.30. The number of nitrogens with zero attached hydrogens (tertiary/aromatic N) is 3. The highest BCUT2D eigenvalue weighted by Gasteiger charge is 2.14. The van der Waals surface area contributed by atoms with Gasteiger partial charge in [-0.05, 0) is 6.16 Å². The summed E-state index contributed by atoms with van der Waals surface area (Å²) in [4.78, 5) is 42.4. The van der Waals surface area contributed by atoms with Crippen molar-refractivity contribution in [1.82, 2.24) is 19.5 Å². The number of hydrogen-bond donors (Lipinski definition) is 1. The van der Waals surface area contributed by atoms with Crippen LogP contribution in [-0.4, -0.2) is 45.6 Å². The highest BCUT2D eigenvalue weighted by atomic mass is 32.2. The van der Waals surface area contributed by atoms with Crippen LogP contribution >= 0.6 is 7.60 Å². The molecule has 0 bridgehead atoms. The smallest absolute Gasteiger partial charge is 0.278 e. The number of fused-ring (bicyclic) bond motifs is 1. The molecule has 0 atom stereocenters. The Bertz CT molecular complexity index is 850. The van der Waals surface area contributed by atoms with E-state index in [-0.39, 0.29) is 23.5 Å². The van der Waals surface area contributed by atoms with E-state index >= 15 is 0 Å². The van der Waals surface area contributed by atoms with Gasteiger partial charge < -0.3 is 23.9 Å². The van der Waals surface area contributed by atoms with E-state index in [0.29, 0.717) is 0 Å². The van der Waals surface area contributed by atoms with Crippen LogP contribution in [0.2, 0.25) is 0 Å². The molecule has 0 aliphatic rings. The van der Waals surface area contributed by atoms with Crippen LogP contribution in [0.15, 0.2) is 17.4 Å². The fraction of sp³-hybridized carbons (Fsp3) is 0.444. The zero-order valence-electron chi connectivity index (χ0n) is 10.6. The van der Waals surface area contributed by atoms with E-state index < -0.39 is 34.9 Å². The average molecular weight is 334 g/mol. The number of hydrogen-bond acceptors (Lipinski definition) is 8. The first-order valence-corrected chi connectivity index (χ1v) is 9.33. The zero-order valence-corrected chi connectivity index (χ0v) is 12.3. The van der Waals surface area contributed by atoms with E-state index in [4.69, 9.17) is 0 Å². The number of nitrogens with one attached hydrogen (secondary N) is 1. The molecule has 116 valence electrons. The van der Waals surface area contributed by atoms with Crippen LogP contribution in [0.4, 0.5) is 0 Å². The van der Waals surface area contributed by atoms with Gasteiger partial charge in [0, 0.05) is 6.54 Å². The lowest BCUT2D eigenvalue weighted by molar-refractivity contribution is -0.313. The molecule has 0 amide bonds. The van der Waals surface area contributed by atoms with Crippen LogP contribution < -0.4 is 15.3 Å². The Labute approximate surface area is 118 Å². The van der Waals surface area contributed by atoms with E-state index in [0.717, 1.165) is 0 Å². The minimum atomic E-state index is -4.85. The molecule has 21 heavy (non-hydrogen) atoms. The van der Waals surface area contributed by atoms with Crippen molar-refractivity contribution < 1.29 is 22.8 Å². The molecule has 0 aliphatic heterocycles. The summed E-state index contributed by atoms with van der Waals surface area (Å²) in [7, 11) is -8.55. The largest absolute Gasteiger partial charge is 0.811 e. The van der Waals surface area contributed by atoms with Crippen molar-refractivity contribution in [2.75, 3.05) is 17.7 Å².